The Hall–Kier alpha value is -1.82. The number of hydrogen-bond acceptors (Lipinski definition) is 5. The van der Waals surface area contributed by atoms with E-state index in [-0.39, 0.29) is 11.4 Å². The first-order valence-electron chi connectivity index (χ1n) is 7.00. The van der Waals surface area contributed by atoms with Gasteiger partial charge in [0.15, 0.2) is 0 Å². The van der Waals surface area contributed by atoms with E-state index in [1.807, 2.05) is 0 Å². The van der Waals surface area contributed by atoms with Crippen molar-refractivity contribution in [2.75, 3.05) is 17.6 Å². The van der Waals surface area contributed by atoms with Crippen LogP contribution in [-0.2, 0) is 0 Å². The number of benzene rings is 1. The summed E-state index contributed by atoms with van der Waals surface area (Å²) in [5.41, 5.74) is 5.70. The van der Waals surface area contributed by atoms with Crippen LogP contribution in [0.1, 0.15) is 38.5 Å². The van der Waals surface area contributed by atoms with Crippen molar-refractivity contribution >= 4 is 17.1 Å². The highest BCUT2D eigenvalue weighted by Gasteiger charge is 2.27. The molecule has 20 heavy (non-hydrogen) atoms. The third kappa shape index (κ3) is 3.60. The van der Waals surface area contributed by atoms with Crippen molar-refractivity contribution in [3.05, 3.63) is 28.3 Å². The molecule has 1 aromatic carbocycles. The Balaban J connectivity index is 1.99. The summed E-state index contributed by atoms with van der Waals surface area (Å²) in [4.78, 5) is 10.2. The molecule has 1 saturated carbocycles. The zero-order valence-corrected chi connectivity index (χ0v) is 11.5. The van der Waals surface area contributed by atoms with E-state index < -0.39 is 10.5 Å². The molecule has 1 fully saturated rings. The van der Waals surface area contributed by atoms with Crippen molar-refractivity contribution in [3.63, 3.8) is 0 Å². The number of nitro benzene ring substituents is 1. The normalized spacial score (nSPS) is 18.2. The number of nitrogen functional groups attached to an aromatic ring is 1. The fraction of sp³-hybridized carbons (Fsp3) is 0.571. The highest BCUT2D eigenvalue weighted by Crippen LogP contribution is 2.29. The quantitative estimate of drug-likeness (QED) is 0.340. The molecule has 1 aliphatic carbocycles. The van der Waals surface area contributed by atoms with Gasteiger partial charge in [-0.3, -0.25) is 10.1 Å². The Bertz CT molecular complexity index is 483. The predicted molar refractivity (Wildman–Crippen MR) is 78.7 cm³/mol. The van der Waals surface area contributed by atoms with Crippen molar-refractivity contribution in [2.24, 2.45) is 0 Å². The molecule has 0 radical (unpaired) electrons. The van der Waals surface area contributed by atoms with E-state index in [1.165, 1.54) is 25.0 Å². The molecule has 0 aromatic heterocycles. The molecule has 0 amide bonds. The van der Waals surface area contributed by atoms with Crippen molar-refractivity contribution < 1.29 is 10.0 Å². The Morgan fingerprint density at radius 3 is 2.50 bits per heavy atom. The fourth-order valence-corrected chi connectivity index (χ4v) is 2.66. The van der Waals surface area contributed by atoms with E-state index in [1.54, 1.807) is 6.07 Å². The summed E-state index contributed by atoms with van der Waals surface area (Å²) >= 11 is 0. The largest absolute Gasteiger partial charge is 0.393 e. The van der Waals surface area contributed by atoms with E-state index in [0.29, 0.717) is 12.2 Å². The molecule has 4 N–H and O–H groups in total. The average Bonchev–Trinajstić information content (AvgIpc) is 2.61. The van der Waals surface area contributed by atoms with Gasteiger partial charge in [0.25, 0.3) is 5.69 Å². The number of aliphatic hydroxyl groups is 1. The first-order chi connectivity index (χ1) is 9.50. The van der Waals surface area contributed by atoms with Gasteiger partial charge in [-0.1, -0.05) is 25.7 Å². The molecule has 1 aromatic rings. The standard InChI is InChI=1S/C14H21N3O3/c15-12-9-11(5-6-13(12)17(19)20)16-10-14(18)7-3-1-2-4-8-14/h5-6,9,16,18H,1-4,7-8,10,15H2. The van der Waals surface area contributed by atoms with Crippen molar-refractivity contribution in [3.8, 4) is 0 Å². The lowest BCUT2D eigenvalue weighted by Gasteiger charge is -2.27. The van der Waals surface area contributed by atoms with E-state index in [2.05, 4.69) is 5.32 Å². The Kier molecular flexibility index (Phi) is 4.44. The summed E-state index contributed by atoms with van der Waals surface area (Å²) in [6.07, 6.45) is 6.02. The smallest absolute Gasteiger partial charge is 0.292 e. The van der Waals surface area contributed by atoms with Gasteiger partial charge in [-0.15, -0.1) is 0 Å². The van der Waals surface area contributed by atoms with Crippen molar-refractivity contribution in [2.45, 2.75) is 44.1 Å². The topological polar surface area (TPSA) is 101 Å². The first-order valence-corrected chi connectivity index (χ1v) is 7.00. The molecular weight excluding hydrogens is 258 g/mol. The number of nitro groups is 1. The molecule has 0 atom stereocenters. The molecule has 110 valence electrons. The summed E-state index contributed by atoms with van der Waals surface area (Å²) < 4.78 is 0. The maximum absolute atomic E-state index is 10.7. The summed E-state index contributed by atoms with van der Waals surface area (Å²) in [6.45, 7) is 0.449. The minimum atomic E-state index is -0.687. The molecule has 0 aliphatic heterocycles. The van der Waals surface area contributed by atoms with E-state index in [4.69, 9.17) is 5.73 Å². The highest BCUT2D eigenvalue weighted by molar-refractivity contribution is 5.65. The highest BCUT2D eigenvalue weighted by atomic mass is 16.6. The van der Waals surface area contributed by atoms with E-state index in [9.17, 15) is 15.2 Å². The van der Waals surface area contributed by atoms with Gasteiger partial charge >= 0.3 is 0 Å². The molecule has 6 nitrogen and oxygen atoms in total. The van der Waals surface area contributed by atoms with Crippen LogP contribution >= 0.6 is 0 Å². The number of nitrogens with two attached hydrogens (primary N) is 1. The van der Waals surface area contributed by atoms with Gasteiger partial charge in [-0.05, 0) is 25.0 Å². The molecule has 0 spiro atoms. The van der Waals surface area contributed by atoms with Gasteiger partial charge in [0.2, 0.25) is 0 Å². The van der Waals surface area contributed by atoms with Crippen LogP contribution in [0.3, 0.4) is 0 Å². The zero-order valence-electron chi connectivity index (χ0n) is 11.5. The minimum absolute atomic E-state index is 0.0938. The van der Waals surface area contributed by atoms with Crippen LogP contribution in [0.2, 0.25) is 0 Å². The summed E-state index contributed by atoms with van der Waals surface area (Å²) in [6, 6.07) is 4.54. The number of anilines is 2. The third-order valence-corrected chi connectivity index (χ3v) is 3.88. The molecule has 0 bridgehead atoms. The van der Waals surface area contributed by atoms with Crippen LogP contribution < -0.4 is 11.1 Å². The number of hydrogen-bond donors (Lipinski definition) is 3. The maximum atomic E-state index is 10.7. The van der Waals surface area contributed by atoms with Crippen LogP contribution in [0, 0.1) is 10.1 Å². The molecule has 0 saturated heterocycles. The summed E-state index contributed by atoms with van der Waals surface area (Å²) in [7, 11) is 0. The van der Waals surface area contributed by atoms with E-state index in [0.717, 1.165) is 25.7 Å². The van der Waals surface area contributed by atoms with Crippen LogP contribution in [0.15, 0.2) is 18.2 Å². The van der Waals surface area contributed by atoms with E-state index >= 15 is 0 Å². The lowest BCUT2D eigenvalue weighted by atomic mass is 9.94. The lowest BCUT2D eigenvalue weighted by Crippen LogP contribution is -2.36. The van der Waals surface area contributed by atoms with Gasteiger partial charge in [-0.2, -0.15) is 0 Å². The number of nitrogens with one attached hydrogen (secondary N) is 1. The maximum Gasteiger partial charge on any atom is 0.292 e. The van der Waals surface area contributed by atoms with Crippen molar-refractivity contribution in [1.82, 2.24) is 0 Å². The minimum Gasteiger partial charge on any atom is -0.393 e. The number of nitrogens with zero attached hydrogens (tertiary/aromatic N) is 1. The Labute approximate surface area is 118 Å². The van der Waals surface area contributed by atoms with Crippen LogP contribution in [-0.4, -0.2) is 22.2 Å². The molecule has 0 heterocycles. The second-order valence-corrected chi connectivity index (χ2v) is 5.52. The fourth-order valence-electron chi connectivity index (χ4n) is 2.66. The summed E-state index contributed by atoms with van der Waals surface area (Å²) in [5, 5.41) is 24.4. The Morgan fingerprint density at radius 2 is 1.95 bits per heavy atom. The monoisotopic (exact) mass is 279 g/mol. The van der Waals surface area contributed by atoms with Gasteiger partial charge in [0.05, 0.1) is 10.5 Å². The van der Waals surface area contributed by atoms with Gasteiger partial charge in [0.1, 0.15) is 5.69 Å². The van der Waals surface area contributed by atoms with Crippen LogP contribution in [0.5, 0.6) is 0 Å². The molecule has 2 rings (SSSR count). The predicted octanol–water partition coefficient (Wildman–Crippen LogP) is 2.67. The SMILES string of the molecule is Nc1cc(NCC2(O)CCCCCC2)ccc1[N+](=O)[O-]. The second-order valence-electron chi connectivity index (χ2n) is 5.52. The average molecular weight is 279 g/mol. The molecule has 1 aliphatic rings. The molecule has 0 unspecified atom stereocenters. The lowest BCUT2D eigenvalue weighted by molar-refractivity contribution is -0.383. The first kappa shape index (κ1) is 14.6. The Morgan fingerprint density at radius 1 is 1.30 bits per heavy atom. The van der Waals surface area contributed by atoms with Gasteiger partial charge < -0.3 is 16.2 Å². The van der Waals surface area contributed by atoms with Crippen LogP contribution in [0.4, 0.5) is 17.1 Å². The number of rotatable bonds is 4. The molecule has 6 heteroatoms. The second kappa shape index (κ2) is 6.09. The summed E-state index contributed by atoms with van der Waals surface area (Å²) in [5.74, 6) is 0. The van der Waals surface area contributed by atoms with Crippen molar-refractivity contribution in [1.29, 1.82) is 0 Å². The molecular formula is C14H21N3O3. The van der Waals surface area contributed by atoms with Crippen LogP contribution in [0.25, 0.3) is 0 Å². The third-order valence-electron chi connectivity index (χ3n) is 3.88. The van der Waals surface area contributed by atoms with Gasteiger partial charge in [-0.25, -0.2) is 0 Å². The zero-order chi connectivity index (χ0) is 14.6. The van der Waals surface area contributed by atoms with Gasteiger partial charge in [0, 0.05) is 18.3 Å².